The summed E-state index contributed by atoms with van der Waals surface area (Å²) in [5, 5.41) is 0.315. The Morgan fingerprint density at radius 1 is 1.09 bits per heavy atom. The van der Waals surface area contributed by atoms with Crippen LogP contribution in [0.15, 0.2) is 12.1 Å². The van der Waals surface area contributed by atoms with Crippen LogP contribution in [0.1, 0.15) is 27.2 Å². The van der Waals surface area contributed by atoms with Crippen molar-refractivity contribution in [3.05, 3.63) is 17.2 Å². The van der Waals surface area contributed by atoms with Crippen LogP contribution in [0.2, 0.25) is 5.02 Å². The molecule has 2 aliphatic rings. The first kappa shape index (κ1) is 24.1. The monoisotopic (exact) mass is 468 g/mol. The predicted molar refractivity (Wildman–Crippen MR) is 117 cm³/mol. The molecule has 4 atom stereocenters. The summed E-state index contributed by atoms with van der Waals surface area (Å²) in [6.07, 6.45) is -1.15. The van der Waals surface area contributed by atoms with Crippen molar-refractivity contribution in [2.45, 2.75) is 45.5 Å². The fourth-order valence-electron chi connectivity index (χ4n) is 4.09. The Morgan fingerprint density at radius 2 is 1.72 bits per heavy atom. The Labute approximate surface area is 192 Å². The molecule has 32 heavy (non-hydrogen) atoms. The van der Waals surface area contributed by atoms with Crippen LogP contribution in [0.5, 0.6) is 11.5 Å². The summed E-state index contributed by atoms with van der Waals surface area (Å²) in [4.78, 5) is 41.2. The Morgan fingerprint density at radius 3 is 2.31 bits per heavy atom. The van der Waals surface area contributed by atoms with Crippen LogP contribution in [-0.2, 0) is 23.9 Å². The topological polar surface area (TPSA) is 94.6 Å². The Bertz CT molecular complexity index is 883. The van der Waals surface area contributed by atoms with E-state index in [1.54, 1.807) is 24.0 Å². The minimum Gasteiger partial charge on any atom is -0.495 e. The van der Waals surface area contributed by atoms with Crippen LogP contribution in [-0.4, -0.2) is 74.8 Å². The van der Waals surface area contributed by atoms with Gasteiger partial charge in [-0.15, -0.1) is 0 Å². The van der Waals surface area contributed by atoms with Gasteiger partial charge in [0.15, 0.2) is 6.10 Å². The van der Waals surface area contributed by atoms with E-state index < -0.39 is 18.0 Å². The zero-order valence-electron chi connectivity index (χ0n) is 18.9. The van der Waals surface area contributed by atoms with Crippen molar-refractivity contribution in [3.8, 4) is 11.5 Å². The van der Waals surface area contributed by atoms with Crippen molar-refractivity contribution in [1.82, 2.24) is 4.90 Å². The molecule has 9 nitrogen and oxygen atoms in total. The zero-order valence-corrected chi connectivity index (χ0v) is 19.7. The number of carbonyl (C=O) groups excluding carboxylic acids is 3. The van der Waals surface area contributed by atoms with Gasteiger partial charge >= 0.3 is 5.97 Å². The van der Waals surface area contributed by atoms with E-state index in [1.807, 2.05) is 13.8 Å². The number of hydrogen-bond donors (Lipinski definition) is 0. The molecule has 3 rings (SSSR count). The third-order valence-electron chi connectivity index (χ3n) is 5.57. The van der Waals surface area contributed by atoms with Gasteiger partial charge in [0, 0.05) is 32.1 Å². The summed E-state index contributed by atoms with van der Waals surface area (Å²) in [6.45, 7) is 6.32. The standard InChI is InChI=1S/C22H29ClN2O7/c1-12-9-24(10-13(2)31-12)21(27)14(3)32-22(28)15-6-20(26)25(11-15)17-7-16(23)18(29-4)8-19(17)30-5/h7-8,12-15H,6,9-11H2,1-5H3/t12-,13+,14-,15-/m1/s1. The number of hydrogen-bond acceptors (Lipinski definition) is 7. The van der Waals surface area contributed by atoms with Crippen molar-refractivity contribution < 1.29 is 33.3 Å². The van der Waals surface area contributed by atoms with Gasteiger partial charge in [-0.3, -0.25) is 14.4 Å². The Hall–Kier alpha value is -2.52. The number of methoxy groups -OCH3 is 2. The average Bonchev–Trinajstić information content (AvgIpc) is 3.13. The number of halogens is 1. The molecule has 2 fully saturated rings. The smallest absolute Gasteiger partial charge is 0.312 e. The number of ether oxygens (including phenoxy) is 4. The van der Waals surface area contributed by atoms with Gasteiger partial charge in [0.25, 0.3) is 5.91 Å². The minimum atomic E-state index is -0.950. The molecule has 0 bridgehead atoms. The SMILES string of the molecule is COc1cc(OC)c(N2C[C@H](C(=O)O[C@H](C)C(=O)N3C[C@@H](C)O[C@@H](C)C3)CC2=O)cc1Cl. The molecule has 176 valence electrons. The molecule has 0 aliphatic carbocycles. The first-order chi connectivity index (χ1) is 15.1. The molecule has 0 aromatic heterocycles. The van der Waals surface area contributed by atoms with E-state index in [2.05, 4.69) is 0 Å². The molecule has 0 radical (unpaired) electrons. The number of morpholine rings is 1. The molecule has 1 aromatic carbocycles. The lowest BCUT2D eigenvalue weighted by molar-refractivity contribution is -0.166. The molecule has 2 heterocycles. The maximum absolute atomic E-state index is 12.7. The highest BCUT2D eigenvalue weighted by atomic mass is 35.5. The van der Waals surface area contributed by atoms with Gasteiger partial charge in [-0.2, -0.15) is 0 Å². The van der Waals surface area contributed by atoms with E-state index in [1.165, 1.54) is 19.1 Å². The third-order valence-corrected chi connectivity index (χ3v) is 5.87. The Kier molecular flexibility index (Phi) is 7.51. The normalized spacial score (nSPS) is 24.3. The molecular weight excluding hydrogens is 440 g/mol. The van der Waals surface area contributed by atoms with Gasteiger partial charge in [0.1, 0.15) is 11.5 Å². The molecule has 0 N–H and O–H groups in total. The second-order valence-electron chi connectivity index (χ2n) is 8.14. The van der Waals surface area contributed by atoms with Crippen molar-refractivity contribution in [1.29, 1.82) is 0 Å². The predicted octanol–water partition coefficient (Wildman–Crippen LogP) is 2.28. The van der Waals surface area contributed by atoms with Gasteiger partial charge in [-0.05, 0) is 26.8 Å². The van der Waals surface area contributed by atoms with Gasteiger partial charge in [-0.25, -0.2) is 0 Å². The number of benzene rings is 1. The summed E-state index contributed by atoms with van der Waals surface area (Å²) < 4.78 is 21.6. The number of nitrogens with zero attached hydrogens (tertiary/aromatic N) is 2. The van der Waals surface area contributed by atoms with E-state index >= 15 is 0 Å². The van der Waals surface area contributed by atoms with E-state index in [-0.39, 0.29) is 37.0 Å². The van der Waals surface area contributed by atoms with Crippen LogP contribution in [0.4, 0.5) is 5.69 Å². The first-order valence-electron chi connectivity index (χ1n) is 10.5. The lowest BCUT2D eigenvalue weighted by Gasteiger charge is -2.36. The van der Waals surface area contributed by atoms with Gasteiger partial charge in [-0.1, -0.05) is 11.6 Å². The molecule has 0 saturated carbocycles. The quantitative estimate of drug-likeness (QED) is 0.591. The molecular formula is C22H29ClN2O7. The van der Waals surface area contributed by atoms with Gasteiger partial charge < -0.3 is 28.7 Å². The van der Waals surface area contributed by atoms with Crippen LogP contribution < -0.4 is 14.4 Å². The minimum absolute atomic E-state index is 0.0296. The number of anilines is 1. The molecule has 2 amide bonds. The van der Waals surface area contributed by atoms with E-state index in [0.717, 1.165) is 0 Å². The van der Waals surface area contributed by atoms with E-state index in [0.29, 0.717) is 35.3 Å². The fraction of sp³-hybridized carbons (Fsp3) is 0.591. The number of carbonyl (C=O) groups is 3. The molecule has 0 spiro atoms. The summed E-state index contributed by atoms with van der Waals surface area (Å²) in [7, 11) is 2.95. The summed E-state index contributed by atoms with van der Waals surface area (Å²) in [6, 6.07) is 3.15. The largest absolute Gasteiger partial charge is 0.495 e. The summed E-state index contributed by atoms with van der Waals surface area (Å²) >= 11 is 6.22. The van der Waals surface area contributed by atoms with Gasteiger partial charge in [0.05, 0.1) is 43.1 Å². The van der Waals surface area contributed by atoms with Crippen molar-refractivity contribution >= 4 is 35.1 Å². The average molecular weight is 469 g/mol. The highest BCUT2D eigenvalue weighted by molar-refractivity contribution is 6.32. The fourth-order valence-corrected chi connectivity index (χ4v) is 4.32. The zero-order chi connectivity index (χ0) is 23.6. The maximum Gasteiger partial charge on any atom is 0.312 e. The van der Waals surface area contributed by atoms with Crippen molar-refractivity contribution in [2.24, 2.45) is 5.92 Å². The molecule has 2 saturated heterocycles. The second kappa shape index (κ2) is 9.95. The van der Waals surface area contributed by atoms with Crippen LogP contribution in [0, 0.1) is 5.92 Å². The lowest BCUT2D eigenvalue weighted by atomic mass is 10.1. The lowest BCUT2D eigenvalue weighted by Crippen LogP contribution is -2.51. The van der Waals surface area contributed by atoms with Crippen LogP contribution >= 0.6 is 11.6 Å². The number of esters is 1. The van der Waals surface area contributed by atoms with E-state index in [4.69, 9.17) is 30.5 Å². The first-order valence-corrected chi connectivity index (χ1v) is 10.9. The highest BCUT2D eigenvalue weighted by Gasteiger charge is 2.39. The Balaban J connectivity index is 1.66. The highest BCUT2D eigenvalue weighted by Crippen LogP contribution is 2.40. The maximum atomic E-state index is 12.7. The molecule has 10 heteroatoms. The molecule has 1 aromatic rings. The molecule has 0 unspecified atom stereocenters. The second-order valence-corrected chi connectivity index (χ2v) is 8.55. The van der Waals surface area contributed by atoms with Crippen molar-refractivity contribution in [3.63, 3.8) is 0 Å². The van der Waals surface area contributed by atoms with Gasteiger partial charge in [0.2, 0.25) is 5.91 Å². The van der Waals surface area contributed by atoms with E-state index in [9.17, 15) is 14.4 Å². The number of amides is 2. The molecule has 2 aliphatic heterocycles. The van der Waals surface area contributed by atoms with Crippen molar-refractivity contribution in [2.75, 3.05) is 38.8 Å². The third kappa shape index (κ3) is 5.10. The van der Waals surface area contributed by atoms with Crippen LogP contribution in [0.25, 0.3) is 0 Å². The number of rotatable bonds is 6. The van der Waals surface area contributed by atoms with Crippen LogP contribution in [0.3, 0.4) is 0 Å². The summed E-state index contributed by atoms with van der Waals surface area (Å²) in [5.41, 5.74) is 0.444. The summed E-state index contributed by atoms with van der Waals surface area (Å²) in [5.74, 6) is -1.02.